The van der Waals surface area contributed by atoms with E-state index < -0.39 is 5.60 Å². The Labute approximate surface area is 188 Å². The number of hydrogen-bond acceptors (Lipinski definition) is 4. The van der Waals surface area contributed by atoms with Crippen LogP contribution >= 0.6 is 0 Å². The summed E-state index contributed by atoms with van der Waals surface area (Å²) < 4.78 is 0. The smallest absolute Gasteiger partial charge is 0.136 e. The first-order valence-electron chi connectivity index (χ1n) is 13.4. The largest absolute Gasteiger partial charge is 0.393 e. The van der Waals surface area contributed by atoms with Crippen LogP contribution in [0.2, 0.25) is 0 Å². The summed E-state index contributed by atoms with van der Waals surface area (Å²) in [6, 6.07) is 0.341. The maximum atomic E-state index is 13.2. The van der Waals surface area contributed by atoms with Crippen molar-refractivity contribution < 1.29 is 15.0 Å². The lowest BCUT2D eigenvalue weighted by Gasteiger charge is -2.59. The van der Waals surface area contributed by atoms with Gasteiger partial charge in [-0.3, -0.25) is 9.69 Å². The fraction of sp³-hybridized carbons (Fsp3) is 0.963. The van der Waals surface area contributed by atoms with Crippen LogP contribution in [0.15, 0.2) is 0 Å². The summed E-state index contributed by atoms with van der Waals surface area (Å²) in [5, 5.41) is 22.1. The number of piperidine rings is 2. The second-order valence-corrected chi connectivity index (χ2v) is 13.2. The van der Waals surface area contributed by atoms with E-state index in [9.17, 15) is 15.0 Å². The molecule has 2 aliphatic heterocycles. The van der Waals surface area contributed by atoms with E-state index in [2.05, 4.69) is 25.7 Å². The van der Waals surface area contributed by atoms with E-state index in [1.54, 1.807) is 0 Å². The zero-order valence-electron chi connectivity index (χ0n) is 19.8. The van der Waals surface area contributed by atoms with Crippen LogP contribution in [0.1, 0.15) is 78.6 Å². The molecule has 4 heteroatoms. The quantitative estimate of drug-likeness (QED) is 0.613. The topological polar surface area (TPSA) is 60.8 Å². The first-order valence-corrected chi connectivity index (χ1v) is 13.4. The van der Waals surface area contributed by atoms with E-state index in [4.69, 9.17) is 0 Å². The molecular weight excluding hydrogens is 386 g/mol. The average Bonchev–Trinajstić information content (AvgIpc) is 3.09. The lowest BCUT2D eigenvalue weighted by Crippen LogP contribution is -2.67. The van der Waals surface area contributed by atoms with Gasteiger partial charge in [-0.25, -0.2) is 0 Å². The van der Waals surface area contributed by atoms with Gasteiger partial charge in [-0.05, 0) is 105 Å². The Morgan fingerprint density at radius 2 is 1.71 bits per heavy atom. The number of carbonyl (C=O) groups is 1. The molecule has 2 saturated heterocycles. The van der Waals surface area contributed by atoms with Gasteiger partial charge in [0, 0.05) is 31.5 Å². The normalized spacial score (nSPS) is 59.2. The van der Waals surface area contributed by atoms with E-state index in [0.29, 0.717) is 53.8 Å². The van der Waals surface area contributed by atoms with Crippen molar-refractivity contribution in [3.05, 3.63) is 0 Å². The van der Waals surface area contributed by atoms with Crippen molar-refractivity contribution in [2.45, 2.75) is 96.3 Å². The monoisotopic (exact) mass is 429 g/mol. The maximum absolute atomic E-state index is 13.2. The van der Waals surface area contributed by atoms with E-state index in [-0.39, 0.29) is 17.4 Å². The molecule has 0 aromatic carbocycles. The first kappa shape index (κ1) is 21.1. The molecule has 0 bridgehead atoms. The van der Waals surface area contributed by atoms with Crippen molar-refractivity contribution in [1.29, 1.82) is 0 Å². The molecule has 4 saturated carbocycles. The molecule has 2 N–H and O–H groups in total. The van der Waals surface area contributed by atoms with Gasteiger partial charge in [0.25, 0.3) is 0 Å². The summed E-state index contributed by atoms with van der Waals surface area (Å²) in [4.78, 5) is 15.9. The summed E-state index contributed by atoms with van der Waals surface area (Å²) in [5.74, 6) is 4.82. The Hall–Kier alpha value is -0.450. The summed E-state index contributed by atoms with van der Waals surface area (Å²) >= 11 is 0. The molecule has 2 heterocycles. The van der Waals surface area contributed by atoms with Crippen LogP contribution < -0.4 is 0 Å². The van der Waals surface area contributed by atoms with Gasteiger partial charge in [-0.2, -0.15) is 0 Å². The van der Waals surface area contributed by atoms with Gasteiger partial charge in [0.2, 0.25) is 0 Å². The van der Waals surface area contributed by atoms with Crippen molar-refractivity contribution in [3.63, 3.8) is 0 Å². The SMILES string of the molecule is C[C@@H]1CC[C@@H]2N(C1)C[C@H]1[C@@H]3C[C@H]4[C@@H](CC(=O)[C@H]5C[C@H](O)CC[C@@]54C)[C@@H]3CC[C@H]1[C@@]2(C)O. The third-order valence-corrected chi connectivity index (χ3v) is 11.8. The number of aliphatic hydroxyl groups is 2. The maximum Gasteiger partial charge on any atom is 0.136 e. The second kappa shape index (κ2) is 7.03. The molecule has 0 radical (unpaired) electrons. The minimum atomic E-state index is -0.570. The van der Waals surface area contributed by atoms with E-state index >= 15 is 0 Å². The number of rotatable bonds is 0. The lowest BCUT2D eigenvalue weighted by molar-refractivity contribution is -0.175. The average molecular weight is 430 g/mol. The highest BCUT2D eigenvalue weighted by molar-refractivity contribution is 5.83. The molecule has 174 valence electrons. The molecule has 6 fully saturated rings. The number of carbonyl (C=O) groups excluding carboxylic acids is 1. The third kappa shape index (κ3) is 2.93. The van der Waals surface area contributed by atoms with Crippen LogP contribution in [-0.2, 0) is 4.79 Å². The predicted octanol–water partition coefficient (Wildman–Crippen LogP) is 3.89. The van der Waals surface area contributed by atoms with Crippen LogP contribution in [-0.4, -0.2) is 51.7 Å². The van der Waals surface area contributed by atoms with Gasteiger partial charge in [0.15, 0.2) is 0 Å². The molecule has 4 nitrogen and oxygen atoms in total. The van der Waals surface area contributed by atoms with Crippen molar-refractivity contribution in [3.8, 4) is 0 Å². The molecule has 0 spiro atoms. The molecule has 31 heavy (non-hydrogen) atoms. The third-order valence-electron chi connectivity index (χ3n) is 11.8. The zero-order valence-corrected chi connectivity index (χ0v) is 19.8. The minimum Gasteiger partial charge on any atom is -0.393 e. The van der Waals surface area contributed by atoms with E-state index in [1.165, 1.54) is 25.8 Å². The van der Waals surface area contributed by atoms with E-state index in [1.807, 2.05) is 0 Å². The Balaban J connectivity index is 1.31. The number of ketones is 1. The molecule has 12 atom stereocenters. The van der Waals surface area contributed by atoms with Gasteiger partial charge in [-0.15, -0.1) is 0 Å². The molecule has 0 aromatic heterocycles. The van der Waals surface area contributed by atoms with Crippen LogP contribution in [0.3, 0.4) is 0 Å². The molecule has 6 rings (SSSR count). The first-order chi connectivity index (χ1) is 14.7. The van der Waals surface area contributed by atoms with Crippen LogP contribution in [0.25, 0.3) is 0 Å². The van der Waals surface area contributed by atoms with Gasteiger partial charge in [0.05, 0.1) is 11.7 Å². The second-order valence-electron chi connectivity index (χ2n) is 13.2. The van der Waals surface area contributed by atoms with Gasteiger partial charge in [0.1, 0.15) is 5.78 Å². The predicted molar refractivity (Wildman–Crippen MR) is 120 cm³/mol. The Bertz CT molecular complexity index is 751. The Morgan fingerprint density at radius 1 is 0.903 bits per heavy atom. The highest BCUT2D eigenvalue weighted by Gasteiger charge is 2.64. The number of Topliss-reactive ketones (excluding diaryl/α,β-unsaturated/α-hetero) is 1. The van der Waals surface area contributed by atoms with Crippen molar-refractivity contribution in [2.24, 2.45) is 52.8 Å². The summed E-state index contributed by atoms with van der Waals surface area (Å²) in [5.41, 5.74) is -0.482. The van der Waals surface area contributed by atoms with Crippen molar-refractivity contribution >= 4 is 5.78 Å². The van der Waals surface area contributed by atoms with E-state index in [0.717, 1.165) is 44.6 Å². The Kier molecular flexibility index (Phi) is 4.78. The van der Waals surface area contributed by atoms with Crippen molar-refractivity contribution in [1.82, 2.24) is 4.90 Å². The fourth-order valence-electron chi connectivity index (χ4n) is 10.4. The molecule has 0 aromatic rings. The van der Waals surface area contributed by atoms with Gasteiger partial charge >= 0.3 is 0 Å². The summed E-state index contributed by atoms with van der Waals surface area (Å²) in [6.45, 7) is 9.23. The minimum absolute atomic E-state index is 0.0789. The van der Waals surface area contributed by atoms with Gasteiger partial charge < -0.3 is 10.2 Å². The summed E-state index contributed by atoms with van der Waals surface area (Å²) in [7, 11) is 0. The number of aliphatic hydroxyl groups excluding tert-OH is 1. The molecule has 4 aliphatic carbocycles. The molecule has 0 amide bonds. The van der Waals surface area contributed by atoms with Crippen LogP contribution in [0.4, 0.5) is 0 Å². The van der Waals surface area contributed by atoms with Crippen LogP contribution in [0, 0.1) is 52.8 Å². The zero-order chi connectivity index (χ0) is 21.7. The molecule has 6 aliphatic rings. The standard InChI is InChI=1S/C27H43NO3/c1-15-4-7-25-27(3,31)21-6-5-17-18(20(21)14-28(25)13-15)11-22-19(17)12-24(30)23-10-16(29)8-9-26(22,23)2/h15-23,25,29,31H,4-14H2,1-3H3/t15-,16-,17-,18-,19+,20+,21-,22+,23-,25+,26-,27-/m1/s1. The fourth-order valence-corrected chi connectivity index (χ4v) is 10.4. The highest BCUT2D eigenvalue weighted by atomic mass is 16.3. The number of nitrogens with zero attached hydrogens (tertiary/aromatic N) is 1. The van der Waals surface area contributed by atoms with Gasteiger partial charge in [-0.1, -0.05) is 13.8 Å². The summed E-state index contributed by atoms with van der Waals surface area (Å²) in [6.07, 6.45) is 9.08. The molecule has 0 unspecified atom stereocenters. The van der Waals surface area contributed by atoms with Crippen molar-refractivity contribution in [2.75, 3.05) is 13.1 Å². The molecular formula is C27H43NO3. The Morgan fingerprint density at radius 3 is 2.52 bits per heavy atom. The number of fused-ring (bicyclic) bond motifs is 8. The lowest BCUT2D eigenvalue weighted by atomic mass is 9.51. The number of hydrogen-bond donors (Lipinski definition) is 2. The highest BCUT2D eigenvalue weighted by Crippen LogP contribution is 2.66. The van der Waals surface area contributed by atoms with Crippen LogP contribution in [0.5, 0.6) is 0 Å².